The molecular weight excluding hydrogens is 194 g/mol. The van der Waals surface area contributed by atoms with E-state index in [0.717, 1.165) is 5.69 Å². The highest BCUT2D eigenvalue weighted by Crippen LogP contribution is 2.27. The van der Waals surface area contributed by atoms with Gasteiger partial charge in [-0.2, -0.15) is 0 Å². The van der Waals surface area contributed by atoms with Crippen LogP contribution in [0, 0.1) is 5.92 Å². The van der Waals surface area contributed by atoms with Gasteiger partial charge in [0, 0.05) is 30.9 Å². The molecule has 1 aromatic heterocycles. The summed E-state index contributed by atoms with van der Waals surface area (Å²) < 4.78 is 0. The second-order valence-corrected chi connectivity index (χ2v) is 3.64. The van der Waals surface area contributed by atoms with E-state index in [1.165, 1.54) is 0 Å². The van der Waals surface area contributed by atoms with Gasteiger partial charge in [-0.3, -0.25) is 24.9 Å². The van der Waals surface area contributed by atoms with Crippen molar-refractivity contribution in [2.24, 2.45) is 5.92 Å². The molecule has 5 heteroatoms. The van der Waals surface area contributed by atoms with Crippen LogP contribution < -0.4 is 5.32 Å². The van der Waals surface area contributed by atoms with E-state index in [0.29, 0.717) is 0 Å². The van der Waals surface area contributed by atoms with E-state index in [9.17, 15) is 9.59 Å². The van der Waals surface area contributed by atoms with Crippen molar-refractivity contribution in [3.05, 3.63) is 24.3 Å². The first kappa shape index (κ1) is 9.76. The van der Waals surface area contributed by atoms with E-state index in [2.05, 4.69) is 15.3 Å². The molecule has 0 bridgehead atoms. The fourth-order valence-electron chi connectivity index (χ4n) is 1.73. The van der Waals surface area contributed by atoms with Crippen LogP contribution in [0.25, 0.3) is 0 Å². The van der Waals surface area contributed by atoms with Crippen molar-refractivity contribution in [3.8, 4) is 0 Å². The van der Waals surface area contributed by atoms with Crippen LogP contribution >= 0.6 is 0 Å². The Kier molecular flexibility index (Phi) is 2.45. The average molecular weight is 205 g/mol. The molecule has 1 aliphatic heterocycles. The fraction of sp³-hybridized carbons (Fsp3) is 0.400. The summed E-state index contributed by atoms with van der Waals surface area (Å²) in [5.74, 6) is -0.807. The number of hydrogen-bond acceptors (Lipinski definition) is 4. The van der Waals surface area contributed by atoms with Gasteiger partial charge in [-0.05, 0) is 0 Å². The van der Waals surface area contributed by atoms with E-state index in [1.807, 2.05) is 6.92 Å². The molecule has 2 unspecified atom stereocenters. The minimum atomic E-state index is -0.311. The molecule has 2 atom stereocenters. The monoisotopic (exact) mass is 205 g/mol. The lowest BCUT2D eigenvalue weighted by Gasteiger charge is -2.14. The Hall–Kier alpha value is -1.78. The molecular formula is C10H11N3O2. The number of nitrogens with zero attached hydrogens (tertiary/aromatic N) is 2. The summed E-state index contributed by atoms with van der Waals surface area (Å²) in [6, 6.07) is 0. The zero-order chi connectivity index (χ0) is 10.8. The third-order valence-corrected chi connectivity index (χ3v) is 2.66. The molecule has 1 aromatic rings. The topological polar surface area (TPSA) is 72.0 Å². The first-order valence-electron chi connectivity index (χ1n) is 4.78. The third kappa shape index (κ3) is 1.86. The first-order chi connectivity index (χ1) is 7.18. The minimum Gasteiger partial charge on any atom is -0.296 e. The number of carbonyl (C=O) groups is 2. The summed E-state index contributed by atoms with van der Waals surface area (Å²) in [7, 11) is 0. The van der Waals surface area contributed by atoms with E-state index >= 15 is 0 Å². The molecule has 0 radical (unpaired) electrons. The SMILES string of the molecule is CC(c1cnccn1)C1CC(=O)NC1=O. The zero-order valence-corrected chi connectivity index (χ0v) is 8.30. The van der Waals surface area contributed by atoms with Crippen LogP contribution in [0.15, 0.2) is 18.6 Å². The van der Waals surface area contributed by atoms with Gasteiger partial charge in [0.15, 0.2) is 0 Å². The van der Waals surface area contributed by atoms with E-state index in [4.69, 9.17) is 0 Å². The maximum Gasteiger partial charge on any atom is 0.230 e. The van der Waals surface area contributed by atoms with E-state index in [-0.39, 0.29) is 30.1 Å². The zero-order valence-electron chi connectivity index (χ0n) is 8.30. The number of hydrogen-bond donors (Lipinski definition) is 1. The molecule has 5 nitrogen and oxygen atoms in total. The molecule has 1 aliphatic rings. The van der Waals surface area contributed by atoms with Gasteiger partial charge >= 0.3 is 0 Å². The molecule has 78 valence electrons. The molecule has 1 N–H and O–H groups in total. The maximum atomic E-state index is 11.4. The van der Waals surface area contributed by atoms with Crippen molar-refractivity contribution in [2.75, 3.05) is 0 Å². The van der Waals surface area contributed by atoms with Crippen molar-refractivity contribution < 1.29 is 9.59 Å². The molecule has 2 amide bonds. The number of imide groups is 1. The molecule has 2 heterocycles. The summed E-state index contributed by atoms with van der Waals surface area (Å²) in [5, 5.41) is 2.29. The Labute approximate surface area is 86.9 Å². The summed E-state index contributed by atoms with van der Waals surface area (Å²) in [4.78, 5) is 30.5. The van der Waals surface area contributed by atoms with E-state index < -0.39 is 0 Å². The highest BCUT2D eigenvalue weighted by Gasteiger charge is 2.35. The molecule has 15 heavy (non-hydrogen) atoms. The van der Waals surface area contributed by atoms with Crippen molar-refractivity contribution in [2.45, 2.75) is 19.3 Å². The Bertz CT molecular complexity index is 391. The second-order valence-electron chi connectivity index (χ2n) is 3.64. The highest BCUT2D eigenvalue weighted by atomic mass is 16.2. The molecule has 2 rings (SSSR count). The van der Waals surface area contributed by atoms with Crippen LogP contribution in [0.3, 0.4) is 0 Å². The minimum absolute atomic E-state index is 0.0786. The van der Waals surface area contributed by atoms with Gasteiger partial charge in [-0.1, -0.05) is 6.92 Å². The molecule has 0 spiro atoms. The average Bonchev–Trinajstić information content (AvgIpc) is 2.58. The molecule has 1 fully saturated rings. The second kappa shape index (κ2) is 3.76. The lowest BCUT2D eigenvalue weighted by atomic mass is 9.90. The highest BCUT2D eigenvalue weighted by molar-refractivity contribution is 6.03. The Morgan fingerprint density at radius 1 is 1.47 bits per heavy atom. The van der Waals surface area contributed by atoms with Gasteiger partial charge in [-0.25, -0.2) is 0 Å². The predicted molar refractivity (Wildman–Crippen MR) is 51.7 cm³/mol. The fourth-order valence-corrected chi connectivity index (χ4v) is 1.73. The van der Waals surface area contributed by atoms with Crippen molar-refractivity contribution in [1.29, 1.82) is 0 Å². The number of rotatable bonds is 2. The summed E-state index contributed by atoms with van der Waals surface area (Å²) in [6.07, 6.45) is 5.04. The lowest BCUT2D eigenvalue weighted by molar-refractivity contribution is -0.126. The molecule has 0 saturated carbocycles. The normalized spacial score (nSPS) is 22.6. The predicted octanol–water partition coefficient (Wildman–Crippen LogP) is 0.243. The van der Waals surface area contributed by atoms with Crippen LogP contribution in [0.5, 0.6) is 0 Å². The van der Waals surface area contributed by atoms with Crippen molar-refractivity contribution in [3.63, 3.8) is 0 Å². The summed E-state index contributed by atoms with van der Waals surface area (Å²) in [6.45, 7) is 1.88. The first-order valence-corrected chi connectivity index (χ1v) is 4.78. The third-order valence-electron chi connectivity index (χ3n) is 2.66. The number of nitrogens with one attached hydrogen (secondary N) is 1. The van der Waals surface area contributed by atoms with Gasteiger partial charge in [0.2, 0.25) is 11.8 Å². The van der Waals surface area contributed by atoms with Gasteiger partial charge < -0.3 is 0 Å². The Balaban J connectivity index is 2.18. The smallest absolute Gasteiger partial charge is 0.230 e. The molecule has 1 saturated heterocycles. The number of carbonyl (C=O) groups excluding carboxylic acids is 2. The summed E-state index contributed by atoms with van der Waals surface area (Å²) in [5.41, 5.74) is 0.743. The standard InChI is InChI=1S/C10H11N3O2/c1-6(8-5-11-2-3-12-8)7-4-9(14)13-10(7)15/h2-3,5-7H,4H2,1H3,(H,13,14,15). The van der Waals surface area contributed by atoms with Crippen LogP contribution in [-0.2, 0) is 9.59 Å². The quantitative estimate of drug-likeness (QED) is 0.702. The number of aromatic nitrogens is 2. The van der Waals surface area contributed by atoms with Crippen LogP contribution in [0.2, 0.25) is 0 Å². The Morgan fingerprint density at radius 2 is 2.27 bits per heavy atom. The largest absolute Gasteiger partial charge is 0.296 e. The van der Waals surface area contributed by atoms with Crippen LogP contribution in [0.4, 0.5) is 0 Å². The van der Waals surface area contributed by atoms with Crippen LogP contribution in [0.1, 0.15) is 25.0 Å². The van der Waals surface area contributed by atoms with Crippen LogP contribution in [-0.4, -0.2) is 21.8 Å². The van der Waals surface area contributed by atoms with Crippen molar-refractivity contribution in [1.82, 2.24) is 15.3 Å². The van der Waals surface area contributed by atoms with E-state index in [1.54, 1.807) is 18.6 Å². The van der Waals surface area contributed by atoms with Gasteiger partial charge in [0.05, 0.1) is 11.6 Å². The van der Waals surface area contributed by atoms with Crippen molar-refractivity contribution >= 4 is 11.8 Å². The van der Waals surface area contributed by atoms with Gasteiger partial charge in [-0.15, -0.1) is 0 Å². The molecule has 0 aromatic carbocycles. The molecule has 0 aliphatic carbocycles. The Morgan fingerprint density at radius 3 is 2.80 bits per heavy atom. The summed E-state index contributed by atoms with van der Waals surface area (Å²) >= 11 is 0. The number of amides is 2. The van der Waals surface area contributed by atoms with Gasteiger partial charge in [0.25, 0.3) is 0 Å². The van der Waals surface area contributed by atoms with Gasteiger partial charge in [0.1, 0.15) is 0 Å². The lowest BCUT2D eigenvalue weighted by Crippen LogP contribution is -2.24. The maximum absolute atomic E-state index is 11.4.